The van der Waals surface area contributed by atoms with Gasteiger partial charge in [0.1, 0.15) is 17.9 Å². The molecule has 1 heterocycles. The Bertz CT molecular complexity index is 1020. The molecule has 0 bridgehead atoms. The van der Waals surface area contributed by atoms with Crippen molar-refractivity contribution >= 4 is 23.6 Å². The molecule has 0 amide bonds. The number of carbonyl (C=O) groups excluding carboxylic acids is 2. The molecule has 0 saturated heterocycles. The van der Waals surface area contributed by atoms with E-state index in [1.165, 1.54) is 19.1 Å². The van der Waals surface area contributed by atoms with Gasteiger partial charge in [-0.2, -0.15) is 0 Å². The van der Waals surface area contributed by atoms with Gasteiger partial charge in [-0.05, 0) is 42.7 Å². The molecule has 0 aromatic heterocycles. The summed E-state index contributed by atoms with van der Waals surface area (Å²) in [6.07, 6.45) is 1.49. The van der Waals surface area contributed by atoms with Gasteiger partial charge in [-0.25, -0.2) is 4.39 Å². The number of ketones is 1. The Morgan fingerprint density at radius 1 is 1.35 bits per heavy atom. The zero-order valence-electron chi connectivity index (χ0n) is 17.8. The van der Waals surface area contributed by atoms with E-state index in [2.05, 4.69) is 11.9 Å². The quantitative estimate of drug-likeness (QED) is 0.568. The Morgan fingerprint density at radius 3 is 2.77 bits per heavy atom. The molecule has 2 N–H and O–H groups in total. The fraction of sp³-hybridized carbons (Fsp3) is 0.292. The number of anilines is 1. The molecule has 0 radical (unpaired) electrons. The lowest BCUT2D eigenvalue weighted by Crippen LogP contribution is -2.40. The first-order valence-corrected chi connectivity index (χ1v) is 10.1. The maximum absolute atomic E-state index is 13.4. The second kappa shape index (κ2) is 9.55. The van der Waals surface area contributed by atoms with Crippen molar-refractivity contribution in [1.82, 2.24) is 9.80 Å². The highest BCUT2D eigenvalue weighted by atomic mass is 19.1. The van der Waals surface area contributed by atoms with Crippen LogP contribution in [0.25, 0.3) is 0 Å². The molecule has 1 unspecified atom stereocenters. The van der Waals surface area contributed by atoms with Crippen LogP contribution >= 0.6 is 0 Å². The number of halogens is 1. The van der Waals surface area contributed by atoms with Crippen molar-refractivity contribution in [2.24, 2.45) is 0 Å². The minimum absolute atomic E-state index is 0.0502. The third-order valence-corrected chi connectivity index (χ3v) is 5.53. The largest absolute Gasteiger partial charge is 0.357 e. The fourth-order valence-corrected chi connectivity index (χ4v) is 3.85. The van der Waals surface area contributed by atoms with Crippen LogP contribution in [0.15, 0.2) is 54.9 Å². The Morgan fingerprint density at radius 2 is 2.10 bits per heavy atom. The molecule has 0 aliphatic carbocycles. The smallest absolute Gasteiger partial charge is 0.152 e. The van der Waals surface area contributed by atoms with E-state index in [9.17, 15) is 14.0 Å². The summed E-state index contributed by atoms with van der Waals surface area (Å²) >= 11 is 0. The summed E-state index contributed by atoms with van der Waals surface area (Å²) in [5, 5.41) is 11.7. The van der Waals surface area contributed by atoms with E-state index in [1.54, 1.807) is 17.0 Å². The second-order valence-corrected chi connectivity index (χ2v) is 7.73. The van der Waals surface area contributed by atoms with Crippen LogP contribution in [0.5, 0.6) is 0 Å². The fourth-order valence-electron chi connectivity index (χ4n) is 3.85. The Balaban J connectivity index is 1.76. The molecule has 6 nitrogen and oxygen atoms in total. The summed E-state index contributed by atoms with van der Waals surface area (Å²) in [5.41, 5.74) is 3.43. The molecule has 1 aliphatic rings. The van der Waals surface area contributed by atoms with Gasteiger partial charge in [0.2, 0.25) is 0 Å². The minimum atomic E-state index is -0.486. The van der Waals surface area contributed by atoms with Gasteiger partial charge in [-0.15, -0.1) is 0 Å². The number of hydrogen-bond donors (Lipinski definition) is 2. The zero-order chi connectivity index (χ0) is 22.5. The number of nitrogens with zero attached hydrogens (tertiary/aromatic N) is 2. The maximum atomic E-state index is 13.4. The lowest BCUT2D eigenvalue weighted by molar-refractivity contribution is -0.121. The Hall–Kier alpha value is -3.48. The number of carbonyl (C=O) groups is 2. The van der Waals surface area contributed by atoms with E-state index in [0.717, 1.165) is 23.0 Å². The number of rotatable bonds is 10. The number of amidine groups is 1. The molecular formula is C24H27FN4O2. The average Bonchev–Trinajstić information content (AvgIpc) is 3.05. The van der Waals surface area contributed by atoms with Crippen molar-refractivity contribution in [2.75, 3.05) is 12.4 Å². The van der Waals surface area contributed by atoms with Crippen molar-refractivity contribution in [2.45, 2.75) is 38.9 Å². The van der Waals surface area contributed by atoms with Crippen LogP contribution in [0.1, 0.15) is 36.5 Å². The molecule has 2 aromatic rings. The van der Waals surface area contributed by atoms with Crippen molar-refractivity contribution < 1.29 is 14.0 Å². The summed E-state index contributed by atoms with van der Waals surface area (Å²) < 4.78 is 13.4. The van der Waals surface area contributed by atoms with Crippen LogP contribution in [0.4, 0.5) is 10.1 Å². The summed E-state index contributed by atoms with van der Waals surface area (Å²) in [5.74, 6) is 0.545. The Kier molecular flexibility index (Phi) is 6.84. The number of benzene rings is 2. The maximum Gasteiger partial charge on any atom is 0.152 e. The minimum Gasteiger partial charge on any atom is -0.357 e. The van der Waals surface area contributed by atoms with E-state index >= 15 is 0 Å². The van der Waals surface area contributed by atoms with Gasteiger partial charge in [-0.3, -0.25) is 10.2 Å². The monoisotopic (exact) mass is 422 g/mol. The normalized spacial score (nSPS) is 13.5. The topological polar surface area (TPSA) is 76.5 Å². The first-order chi connectivity index (χ1) is 14.8. The summed E-state index contributed by atoms with van der Waals surface area (Å²) in [4.78, 5) is 26.7. The van der Waals surface area contributed by atoms with Crippen LogP contribution in [0, 0.1) is 11.2 Å². The number of fused-ring (bicyclic) bond motifs is 1. The predicted octanol–water partition coefficient (Wildman–Crippen LogP) is 3.92. The molecule has 31 heavy (non-hydrogen) atoms. The molecule has 3 rings (SSSR count). The average molecular weight is 423 g/mol. The number of Topliss-reactive ketones (excluding diaryl/α,β-unsaturated/α-hetero) is 1. The van der Waals surface area contributed by atoms with Gasteiger partial charge in [0.15, 0.2) is 5.78 Å². The highest BCUT2D eigenvalue weighted by molar-refractivity contribution is 6.03. The molecule has 1 atom stereocenters. The zero-order valence-corrected chi connectivity index (χ0v) is 17.8. The van der Waals surface area contributed by atoms with Crippen LogP contribution in [-0.4, -0.2) is 40.8 Å². The van der Waals surface area contributed by atoms with E-state index in [0.29, 0.717) is 36.9 Å². The predicted molar refractivity (Wildman–Crippen MR) is 119 cm³/mol. The third-order valence-electron chi connectivity index (χ3n) is 5.53. The van der Waals surface area contributed by atoms with Crippen molar-refractivity contribution in [3.63, 3.8) is 0 Å². The highest BCUT2D eigenvalue weighted by Gasteiger charge is 2.33. The first kappa shape index (κ1) is 22.2. The lowest BCUT2D eigenvalue weighted by atomic mass is 10.0. The SMILES string of the molecule is C=C(Nc1cccc(F)c1)N(C)Cc1cccc2c1CN(C(CCC=O)C(C)=O)C2=N. The van der Waals surface area contributed by atoms with Gasteiger partial charge in [0, 0.05) is 37.8 Å². The molecule has 162 valence electrons. The second-order valence-electron chi connectivity index (χ2n) is 7.73. The van der Waals surface area contributed by atoms with E-state index in [4.69, 9.17) is 5.41 Å². The van der Waals surface area contributed by atoms with E-state index < -0.39 is 6.04 Å². The number of aldehydes is 1. The molecule has 0 fully saturated rings. The highest BCUT2D eigenvalue weighted by Crippen LogP contribution is 2.30. The number of nitrogens with one attached hydrogen (secondary N) is 2. The van der Waals surface area contributed by atoms with E-state index in [-0.39, 0.29) is 18.0 Å². The molecule has 0 saturated carbocycles. The standard InChI is InChI=1S/C24H27FN4O2/c1-16(31)23(11-6-12-30)29-15-22-18(7-4-10-21(22)24(29)26)14-28(3)17(2)27-20-9-5-8-19(25)13-20/h4-5,7-10,12-13,23,26-27H,2,6,11,14-15H2,1,3H3. The third kappa shape index (κ3) is 4.99. The number of hydrogen-bond acceptors (Lipinski definition) is 5. The van der Waals surface area contributed by atoms with Crippen LogP contribution in [-0.2, 0) is 22.7 Å². The van der Waals surface area contributed by atoms with E-state index in [1.807, 2.05) is 30.1 Å². The lowest BCUT2D eigenvalue weighted by Gasteiger charge is -2.27. The molecule has 2 aromatic carbocycles. The van der Waals surface area contributed by atoms with Gasteiger partial charge in [0.05, 0.1) is 11.9 Å². The van der Waals surface area contributed by atoms with Gasteiger partial charge >= 0.3 is 0 Å². The molecular weight excluding hydrogens is 395 g/mol. The van der Waals surface area contributed by atoms with Crippen LogP contribution in [0.2, 0.25) is 0 Å². The summed E-state index contributed by atoms with van der Waals surface area (Å²) in [7, 11) is 1.88. The summed E-state index contributed by atoms with van der Waals surface area (Å²) in [6, 6.07) is 11.5. The Labute approximate surface area is 181 Å². The van der Waals surface area contributed by atoms with Crippen LogP contribution in [0.3, 0.4) is 0 Å². The van der Waals surface area contributed by atoms with Crippen molar-refractivity contribution in [3.05, 3.63) is 77.4 Å². The molecule has 1 aliphatic heterocycles. The molecule has 0 spiro atoms. The van der Waals surface area contributed by atoms with Crippen molar-refractivity contribution in [1.29, 1.82) is 5.41 Å². The first-order valence-electron chi connectivity index (χ1n) is 10.1. The van der Waals surface area contributed by atoms with Crippen molar-refractivity contribution in [3.8, 4) is 0 Å². The molecule has 7 heteroatoms. The van der Waals surface area contributed by atoms with Crippen LogP contribution < -0.4 is 5.32 Å². The van der Waals surface area contributed by atoms with Gasteiger partial charge in [-0.1, -0.05) is 30.8 Å². The summed E-state index contributed by atoms with van der Waals surface area (Å²) in [6.45, 7) is 6.53. The van der Waals surface area contributed by atoms with Gasteiger partial charge in [0.25, 0.3) is 0 Å². The van der Waals surface area contributed by atoms with Gasteiger partial charge < -0.3 is 19.9 Å².